The Morgan fingerprint density at radius 2 is 2.38 bits per heavy atom. The van der Waals surface area contributed by atoms with Crippen molar-refractivity contribution in [2.45, 2.75) is 12.5 Å². The second kappa shape index (κ2) is 5.11. The van der Waals surface area contributed by atoms with Crippen LogP contribution in [0.2, 0.25) is 0 Å². The zero-order valence-electron chi connectivity index (χ0n) is 8.43. The van der Waals surface area contributed by atoms with Gasteiger partial charge in [-0.25, -0.2) is 4.39 Å². The molecule has 1 unspecified atom stereocenters. The van der Waals surface area contributed by atoms with Gasteiger partial charge in [-0.15, -0.1) is 5.10 Å². The highest BCUT2D eigenvalue weighted by atomic mass is 32.1. The molecule has 0 saturated heterocycles. The lowest BCUT2D eigenvalue weighted by atomic mass is 10.1. The maximum atomic E-state index is 13.0. The number of hydrogen-bond acceptors (Lipinski definition) is 5. The number of nitrogens with two attached hydrogens (primary N) is 1. The second-order valence-corrected chi connectivity index (χ2v) is 4.19. The second-order valence-electron chi connectivity index (χ2n) is 3.37. The van der Waals surface area contributed by atoms with E-state index in [2.05, 4.69) is 15.0 Å². The van der Waals surface area contributed by atoms with Crippen LogP contribution in [0.4, 0.5) is 4.39 Å². The van der Waals surface area contributed by atoms with Crippen molar-refractivity contribution in [1.29, 1.82) is 0 Å². The number of rotatable bonds is 4. The van der Waals surface area contributed by atoms with Crippen LogP contribution in [0.25, 0.3) is 0 Å². The van der Waals surface area contributed by atoms with Crippen molar-refractivity contribution in [2.75, 3.05) is 0 Å². The van der Waals surface area contributed by atoms with E-state index in [9.17, 15) is 4.39 Å². The minimum absolute atomic E-state index is 0.0817. The van der Waals surface area contributed by atoms with E-state index in [0.29, 0.717) is 6.42 Å². The quantitative estimate of drug-likeness (QED) is 0.624. The Balaban J connectivity index is 2.13. The predicted molar refractivity (Wildman–Crippen MR) is 60.1 cm³/mol. The number of nitrogens with zero attached hydrogens (tertiary/aromatic N) is 2. The molecule has 0 radical (unpaired) electrons. The summed E-state index contributed by atoms with van der Waals surface area (Å²) in [6, 6.07) is 6.38. The molecule has 0 bridgehead atoms. The molecule has 1 aromatic carbocycles. The fourth-order valence-electron chi connectivity index (χ4n) is 1.47. The molecule has 84 valence electrons. The Labute approximate surface area is 96.4 Å². The fourth-order valence-corrected chi connectivity index (χ4v) is 2.03. The Hall–Kier alpha value is -1.37. The molecule has 16 heavy (non-hydrogen) atoms. The first-order valence-electron chi connectivity index (χ1n) is 4.77. The number of benzene rings is 1. The highest BCUT2D eigenvalue weighted by molar-refractivity contribution is 7.05. The third kappa shape index (κ3) is 2.60. The van der Waals surface area contributed by atoms with E-state index in [-0.39, 0.29) is 11.9 Å². The van der Waals surface area contributed by atoms with E-state index in [1.165, 1.54) is 23.7 Å². The van der Waals surface area contributed by atoms with Gasteiger partial charge in [-0.2, -0.15) is 0 Å². The number of halogens is 1. The third-order valence-corrected chi connectivity index (χ3v) is 3.03. The lowest BCUT2D eigenvalue weighted by molar-refractivity contribution is 0.556. The first kappa shape index (κ1) is 11.1. The number of aromatic nitrogens is 2. The van der Waals surface area contributed by atoms with E-state index in [1.807, 2.05) is 6.07 Å². The normalized spacial score (nSPS) is 12.6. The third-order valence-electron chi connectivity index (χ3n) is 2.25. The van der Waals surface area contributed by atoms with E-state index < -0.39 is 0 Å². The summed E-state index contributed by atoms with van der Waals surface area (Å²) in [6.07, 6.45) is 2.27. The molecule has 6 heteroatoms. The molecular formula is C10H11FN4S. The van der Waals surface area contributed by atoms with E-state index >= 15 is 0 Å². The summed E-state index contributed by atoms with van der Waals surface area (Å²) in [5.41, 5.74) is 3.57. The Morgan fingerprint density at radius 1 is 1.50 bits per heavy atom. The summed E-state index contributed by atoms with van der Waals surface area (Å²) in [5, 5.41) is 3.75. The number of hydrogen-bond donors (Lipinski definition) is 2. The van der Waals surface area contributed by atoms with Gasteiger partial charge in [0.05, 0.1) is 17.1 Å². The van der Waals surface area contributed by atoms with Crippen molar-refractivity contribution in [1.82, 2.24) is 15.0 Å². The number of nitrogens with one attached hydrogen (secondary N) is 1. The van der Waals surface area contributed by atoms with Crippen LogP contribution >= 0.6 is 11.5 Å². The van der Waals surface area contributed by atoms with Crippen molar-refractivity contribution in [2.24, 2.45) is 5.84 Å². The van der Waals surface area contributed by atoms with Crippen molar-refractivity contribution in [3.63, 3.8) is 0 Å². The summed E-state index contributed by atoms with van der Waals surface area (Å²) in [4.78, 5) is 0.937. The molecule has 1 aromatic heterocycles. The van der Waals surface area contributed by atoms with Crippen molar-refractivity contribution in [3.8, 4) is 0 Å². The first-order valence-corrected chi connectivity index (χ1v) is 5.55. The molecule has 0 fully saturated rings. The highest BCUT2D eigenvalue weighted by Gasteiger charge is 2.13. The standard InChI is InChI=1S/C10H11FN4S/c11-8-3-1-2-7(4-8)5-9(14-12)10-6-13-15-16-10/h1-4,6,9,14H,5,12H2. The molecule has 0 aliphatic rings. The summed E-state index contributed by atoms with van der Waals surface area (Å²) >= 11 is 1.28. The van der Waals surface area contributed by atoms with Gasteiger partial charge in [-0.05, 0) is 35.6 Å². The zero-order chi connectivity index (χ0) is 11.4. The number of hydrazine groups is 1. The van der Waals surface area contributed by atoms with E-state index in [0.717, 1.165) is 10.4 Å². The molecule has 0 aliphatic carbocycles. The Morgan fingerprint density at radius 3 is 3.00 bits per heavy atom. The minimum atomic E-state index is -0.240. The molecule has 0 amide bonds. The lowest BCUT2D eigenvalue weighted by Crippen LogP contribution is -2.29. The first-order chi connectivity index (χ1) is 7.79. The van der Waals surface area contributed by atoms with Crippen LogP contribution in [-0.4, -0.2) is 9.59 Å². The minimum Gasteiger partial charge on any atom is -0.271 e. The van der Waals surface area contributed by atoms with Crippen molar-refractivity contribution < 1.29 is 4.39 Å². The molecule has 0 aliphatic heterocycles. The average molecular weight is 238 g/mol. The topological polar surface area (TPSA) is 63.8 Å². The van der Waals surface area contributed by atoms with Crippen LogP contribution in [0.1, 0.15) is 16.5 Å². The van der Waals surface area contributed by atoms with Gasteiger partial charge < -0.3 is 0 Å². The van der Waals surface area contributed by atoms with Gasteiger partial charge in [-0.3, -0.25) is 11.3 Å². The summed E-state index contributed by atoms with van der Waals surface area (Å²) in [6.45, 7) is 0. The largest absolute Gasteiger partial charge is 0.271 e. The Kier molecular flexibility index (Phi) is 3.55. The van der Waals surface area contributed by atoms with Gasteiger partial charge in [0.1, 0.15) is 5.82 Å². The molecule has 1 heterocycles. The van der Waals surface area contributed by atoms with Crippen LogP contribution in [-0.2, 0) is 6.42 Å². The van der Waals surface area contributed by atoms with Gasteiger partial charge in [0.15, 0.2) is 0 Å². The van der Waals surface area contributed by atoms with E-state index in [1.54, 1.807) is 12.3 Å². The van der Waals surface area contributed by atoms with Crippen LogP contribution in [0, 0.1) is 5.82 Å². The SMILES string of the molecule is NNC(Cc1cccc(F)c1)c1cnns1. The van der Waals surface area contributed by atoms with Crippen LogP contribution in [0.15, 0.2) is 30.5 Å². The molecule has 0 spiro atoms. The molecule has 0 saturated carbocycles. The highest BCUT2D eigenvalue weighted by Crippen LogP contribution is 2.19. The van der Waals surface area contributed by atoms with Crippen molar-refractivity contribution >= 4 is 11.5 Å². The van der Waals surface area contributed by atoms with Gasteiger partial charge in [0.2, 0.25) is 0 Å². The van der Waals surface area contributed by atoms with Gasteiger partial charge in [0, 0.05) is 0 Å². The molecular weight excluding hydrogens is 227 g/mol. The molecule has 3 N–H and O–H groups in total. The van der Waals surface area contributed by atoms with Crippen LogP contribution < -0.4 is 11.3 Å². The van der Waals surface area contributed by atoms with Crippen LogP contribution in [0.5, 0.6) is 0 Å². The fraction of sp³-hybridized carbons (Fsp3) is 0.200. The molecule has 1 atom stereocenters. The molecule has 2 rings (SSSR count). The summed E-state index contributed by atoms with van der Waals surface area (Å²) in [5.74, 6) is 5.22. The average Bonchev–Trinajstić information content (AvgIpc) is 2.79. The monoisotopic (exact) mass is 238 g/mol. The maximum absolute atomic E-state index is 13.0. The smallest absolute Gasteiger partial charge is 0.123 e. The summed E-state index contributed by atoms with van der Waals surface area (Å²) in [7, 11) is 0. The molecule has 4 nitrogen and oxygen atoms in total. The van der Waals surface area contributed by atoms with Gasteiger partial charge in [0.25, 0.3) is 0 Å². The molecule has 2 aromatic rings. The van der Waals surface area contributed by atoms with Gasteiger partial charge in [-0.1, -0.05) is 16.6 Å². The van der Waals surface area contributed by atoms with Gasteiger partial charge >= 0.3 is 0 Å². The predicted octanol–water partition coefficient (Wildman–Crippen LogP) is 1.42. The zero-order valence-corrected chi connectivity index (χ0v) is 9.25. The van der Waals surface area contributed by atoms with Crippen molar-refractivity contribution in [3.05, 3.63) is 46.7 Å². The Bertz CT molecular complexity index is 446. The lowest BCUT2D eigenvalue weighted by Gasteiger charge is -2.12. The van der Waals surface area contributed by atoms with E-state index in [4.69, 9.17) is 5.84 Å². The maximum Gasteiger partial charge on any atom is 0.123 e. The summed E-state index contributed by atoms with van der Waals surface area (Å²) < 4.78 is 16.8. The van der Waals surface area contributed by atoms with Crippen LogP contribution in [0.3, 0.4) is 0 Å².